The first-order valence-electron chi connectivity index (χ1n) is 8.26. The molecule has 0 aliphatic rings. The van der Waals surface area contributed by atoms with Crippen molar-refractivity contribution in [1.82, 2.24) is 9.97 Å². The Balaban J connectivity index is 2.11. The predicted molar refractivity (Wildman–Crippen MR) is 101 cm³/mol. The Hall–Kier alpha value is -2.61. The van der Waals surface area contributed by atoms with Crippen molar-refractivity contribution in [3.63, 3.8) is 0 Å². The highest BCUT2D eigenvalue weighted by atomic mass is 32.2. The Morgan fingerprint density at radius 3 is 2.42 bits per heavy atom. The van der Waals surface area contributed by atoms with E-state index in [-0.39, 0.29) is 28.3 Å². The van der Waals surface area contributed by atoms with Gasteiger partial charge < -0.3 is 15.4 Å². The van der Waals surface area contributed by atoms with Crippen LogP contribution in [0.1, 0.15) is 43.1 Å². The molecule has 0 saturated heterocycles. The van der Waals surface area contributed by atoms with Crippen molar-refractivity contribution in [1.29, 1.82) is 0 Å². The molecule has 2 aromatic rings. The second kappa shape index (κ2) is 8.66. The van der Waals surface area contributed by atoms with Crippen LogP contribution in [0.15, 0.2) is 34.2 Å². The Morgan fingerprint density at radius 2 is 1.92 bits per heavy atom. The number of nitrogens with zero attached hydrogens (tertiary/aromatic N) is 1. The maximum Gasteiger partial charge on any atom is 0.258 e. The number of anilines is 1. The van der Waals surface area contributed by atoms with E-state index in [2.05, 4.69) is 15.3 Å². The third kappa shape index (κ3) is 4.72. The van der Waals surface area contributed by atoms with Gasteiger partial charge in [0.15, 0.2) is 10.9 Å². The van der Waals surface area contributed by atoms with Gasteiger partial charge in [-0.25, -0.2) is 0 Å². The van der Waals surface area contributed by atoms with Gasteiger partial charge in [-0.15, -0.1) is 0 Å². The summed E-state index contributed by atoms with van der Waals surface area (Å²) < 4.78 is 0. The van der Waals surface area contributed by atoms with Crippen LogP contribution in [0, 0.1) is 0 Å². The van der Waals surface area contributed by atoms with Crippen molar-refractivity contribution in [2.45, 2.75) is 44.0 Å². The quantitative estimate of drug-likeness (QED) is 0.390. The number of Topliss-reactive ketones (excluding diaryl/α,β-unsaturated/α-hetero) is 1. The second-order valence-electron chi connectivity index (χ2n) is 5.66. The van der Waals surface area contributed by atoms with Crippen LogP contribution in [0.25, 0.3) is 0 Å². The van der Waals surface area contributed by atoms with Gasteiger partial charge in [-0.3, -0.25) is 14.4 Å². The summed E-state index contributed by atoms with van der Waals surface area (Å²) in [6.45, 7) is 5.07. The fourth-order valence-corrected chi connectivity index (χ4v) is 3.20. The van der Waals surface area contributed by atoms with E-state index < -0.39 is 10.8 Å². The Labute approximate surface area is 155 Å². The van der Waals surface area contributed by atoms with Crippen LogP contribution in [0.2, 0.25) is 0 Å². The molecule has 2 rings (SSSR count). The summed E-state index contributed by atoms with van der Waals surface area (Å²) >= 11 is 1.08. The zero-order valence-corrected chi connectivity index (χ0v) is 15.6. The van der Waals surface area contributed by atoms with Crippen molar-refractivity contribution in [3.8, 4) is 5.88 Å². The van der Waals surface area contributed by atoms with Gasteiger partial charge in [0.1, 0.15) is 0 Å². The highest BCUT2D eigenvalue weighted by molar-refractivity contribution is 8.00. The number of nitrogens with one attached hydrogen (secondary N) is 2. The number of ketones is 1. The lowest BCUT2D eigenvalue weighted by molar-refractivity contribution is -0.115. The minimum absolute atomic E-state index is 0.0461. The summed E-state index contributed by atoms with van der Waals surface area (Å²) in [7, 11) is 0. The van der Waals surface area contributed by atoms with Crippen molar-refractivity contribution in [2.75, 3.05) is 5.32 Å². The molecule has 1 atom stereocenters. The number of hydrogen-bond acceptors (Lipinski definition) is 6. The number of carbonyl (C=O) groups is 2. The van der Waals surface area contributed by atoms with Crippen LogP contribution < -0.4 is 10.9 Å². The van der Waals surface area contributed by atoms with E-state index in [1.165, 1.54) is 6.92 Å². The van der Waals surface area contributed by atoms with Crippen molar-refractivity contribution in [3.05, 3.63) is 45.7 Å². The molecule has 7 nitrogen and oxygen atoms in total. The molecule has 0 unspecified atom stereocenters. The summed E-state index contributed by atoms with van der Waals surface area (Å²) in [4.78, 5) is 42.2. The number of aromatic amines is 1. The van der Waals surface area contributed by atoms with Crippen LogP contribution >= 0.6 is 11.8 Å². The maximum atomic E-state index is 12.5. The molecule has 0 radical (unpaired) electrons. The molecule has 1 heterocycles. The first kappa shape index (κ1) is 19.7. The van der Waals surface area contributed by atoms with E-state index in [1.807, 2.05) is 6.92 Å². The number of H-pyrrole nitrogens is 1. The zero-order valence-electron chi connectivity index (χ0n) is 14.8. The zero-order chi connectivity index (χ0) is 19.3. The third-order valence-electron chi connectivity index (χ3n) is 3.80. The van der Waals surface area contributed by atoms with Gasteiger partial charge in [0.2, 0.25) is 11.8 Å². The largest absolute Gasteiger partial charge is 0.493 e. The lowest BCUT2D eigenvalue weighted by Gasteiger charge is -2.14. The summed E-state index contributed by atoms with van der Waals surface area (Å²) in [5.74, 6) is -0.612. The van der Waals surface area contributed by atoms with E-state index in [0.717, 1.165) is 11.8 Å². The molecule has 138 valence electrons. The van der Waals surface area contributed by atoms with Crippen molar-refractivity contribution in [2.24, 2.45) is 0 Å². The highest BCUT2D eigenvalue weighted by Crippen LogP contribution is 2.25. The van der Waals surface area contributed by atoms with Gasteiger partial charge in [0.05, 0.1) is 10.8 Å². The monoisotopic (exact) mass is 375 g/mol. The average molecular weight is 375 g/mol. The van der Waals surface area contributed by atoms with E-state index in [4.69, 9.17) is 0 Å². The highest BCUT2D eigenvalue weighted by Gasteiger charge is 2.20. The molecule has 1 amide bonds. The van der Waals surface area contributed by atoms with Crippen LogP contribution in [-0.2, 0) is 11.2 Å². The fourth-order valence-electron chi connectivity index (χ4n) is 2.31. The van der Waals surface area contributed by atoms with Gasteiger partial charge in [0, 0.05) is 11.3 Å². The van der Waals surface area contributed by atoms with Gasteiger partial charge in [-0.1, -0.05) is 25.6 Å². The minimum Gasteiger partial charge on any atom is -0.493 e. The van der Waals surface area contributed by atoms with Gasteiger partial charge in [-0.05, 0) is 44.0 Å². The van der Waals surface area contributed by atoms with E-state index >= 15 is 0 Å². The number of thioether (sulfide) groups is 1. The number of carbonyl (C=O) groups excluding carboxylic acids is 2. The Bertz CT molecular complexity index is 862. The molecule has 1 aromatic heterocycles. The van der Waals surface area contributed by atoms with Crippen LogP contribution in [-0.4, -0.2) is 32.0 Å². The second-order valence-corrected chi connectivity index (χ2v) is 6.86. The van der Waals surface area contributed by atoms with Gasteiger partial charge >= 0.3 is 0 Å². The number of rotatable bonds is 7. The lowest BCUT2D eigenvalue weighted by atomic mass is 10.1. The Kier molecular flexibility index (Phi) is 6.57. The third-order valence-corrected chi connectivity index (χ3v) is 5.05. The number of benzene rings is 1. The Morgan fingerprint density at radius 1 is 1.27 bits per heavy atom. The summed E-state index contributed by atoms with van der Waals surface area (Å²) in [5.41, 5.74) is 0.956. The average Bonchev–Trinajstić information content (AvgIpc) is 2.59. The number of amides is 1. The van der Waals surface area contributed by atoms with Crippen molar-refractivity contribution >= 4 is 29.1 Å². The molecule has 0 fully saturated rings. The first-order valence-corrected chi connectivity index (χ1v) is 9.14. The molecule has 0 aliphatic carbocycles. The molecule has 0 bridgehead atoms. The van der Waals surface area contributed by atoms with Gasteiger partial charge in [0.25, 0.3) is 5.56 Å². The SMILES string of the molecule is CCc1c(O)nc(S[C@@H](CC)C(=O)Nc2ccc(C(C)=O)cc2)[nH]c1=O. The predicted octanol–water partition coefficient (Wildman–Crippen LogP) is 2.75. The van der Waals surface area contributed by atoms with Crippen LogP contribution in [0.5, 0.6) is 5.88 Å². The molecule has 1 aromatic carbocycles. The molecule has 0 spiro atoms. The standard InChI is InChI=1S/C18H21N3O4S/c1-4-13-15(23)20-18(21-16(13)24)26-14(5-2)17(25)19-12-8-6-11(7-9-12)10(3)22/h6-9,14H,4-5H2,1-3H3,(H,19,25)(H2,20,21,23,24)/t14-/m0/s1. The van der Waals surface area contributed by atoms with E-state index in [1.54, 1.807) is 31.2 Å². The summed E-state index contributed by atoms with van der Waals surface area (Å²) in [5, 5.41) is 12.3. The summed E-state index contributed by atoms with van der Waals surface area (Å²) in [6.07, 6.45) is 0.870. The first-order chi connectivity index (χ1) is 12.3. The van der Waals surface area contributed by atoms with Gasteiger partial charge in [-0.2, -0.15) is 4.98 Å². The van der Waals surface area contributed by atoms with E-state index in [0.29, 0.717) is 24.1 Å². The van der Waals surface area contributed by atoms with Crippen molar-refractivity contribution < 1.29 is 14.7 Å². The topological polar surface area (TPSA) is 112 Å². The van der Waals surface area contributed by atoms with Crippen LogP contribution in [0.4, 0.5) is 5.69 Å². The molecule has 26 heavy (non-hydrogen) atoms. The molecule has 3 N–H and O–H groups in total. The molecular formula is C18H21N3O4S. The number of aromatic nitrogens is 2. The van der Waals surface area contributed by atoms with Crippen LogP contribution in [0.3, 0.4) is 0 Å². The molecule has 0 aliphatic heterocycles. The molecule has 8 heteroatoms. The number of aromatic hydroxyl groups is 1. The molecule has 0 saturated carbocycles. The fraction of sp³-hybridized carbons (Fsp3) is 0.333. The molecular weight excluding hydrogens is 354 g/mol. The normalized spacial score (nSPS) is 11.8. The lowest BCUT2D eigenvalue weighted by Crippen LogP contribution is -2.25. The van der Waals surface area contributed by atoms with E-state index in [9.17, 15) is 19.5 Å². The minimum atomic E-state index is -0.502. The smallest absolute Gasteiger partial charge is 0.258 e. The number of hydrogen-bond donors (Lipinski definition) is 3. The summed E-state index contributed by atoms with van der Waals surface area (Å²) in [6, 6.07) is 6.61. The maximum absolute atomic E-state index is 12.5.